The molecule has 0 N–H and O–H groups in total. The Labute approximate surface area is 687 Å². The SMILES string of the molecule is [2H]CC([2H])C([2H])C([2H])C([2H])C([2H])CC.[2H]CC([2H])C([2H])C([2H])C([2H])CCC.[2H]CC([2H])C([2H])C([2H])C([2H])CCCCC.[2H]CC([2H])C([2H])C([2H])CCCC.[2H]CC([2H])C([2H])C([2H])CCCCCC.[2H]CC([2H])C([2H])CCCCC.[2H]CC([2H])C([2H])CCCCCCC.[2H]CC([2H])CCCCCC.[2H]CC([2H])CCCCCCCC.[2H]CCCCCCCC.[2H]CCCCCCCCCC. The molecule has 0 bridgehead atoms. The Morgan fingerprint density at radius 2 is 0.286 bits per heavy atom. The summed E-state index contributed by atoms with van der Waals surface area (Å²) < 4.78 is 263. The molecule has 0 aromatic rings. The maximum Gasteiger partial charge on any atom is 0.0267 e. The van der Waals surface area contributed by atoms with Crippen molar-refractivity contribution in [3.63, 3.8) is 0 Å². The predicted octanol–water partition coefficient (Wildman–Crippen LogP) is 40.9. The molecule has 0 rings (SSSR count). The van der Waals surface area contributed by atoms with Gasteiger partial charge in [-0.3, -0.25) is 0 Å². The number of rotatable bonds is 65. The van der Waals surface area contributed by atoms with E-state index in [9.17, 15) is 0 Å². The molecule has 0 heteroatoms. The summed E-state index contributed by atoms with van der Waals surface area (Å²) in [5.74, 6) is 0. The van der Waals surface area contributed by atoms with E-state index < -0.39 is 134 Å². The fourth-order valence-electron chi connectivity index (χ4n) is 8.25. The van der Waals surface area contributed by atoms with Gasteiger partial charge in [0, 0.05) is 49.3 Å². The van der Waals surface area contributed by atoms with Crippen LogP contribution in [0.15, 0.2) is 0 Å². The molecule has 0 radical (unpaired) electrons. The standard InChI is InChI=1S/5C10H22.6C8H18/c5*1-3-5-7-9-10-8-6-4-2;6*1-3-5-7-8-6-4-2/h5*3-10H2,1-2H3;6*3-8H2,1-2H3/i1D,3D,5D,7D,9D;1D,3D,5D,7D;1D,3D,5D;1D,3D;1D;1D,3D,5D,6D,7D,8D;1D,3D,5D,7D,8D;1D,3D,5D,7D;1D,3D,5D;1D,3D;1D. The van der Waals surface area contributed by atoms with Crippen LogP contribution in [0.25, 0.3) is 0 Å². The molecule has 0 aliphatic rings. The quantitative estimate of drug-likeness (QED) is 0.0533. The van der Waals surface area contributed by atoms with Crippen molar-refractivity contribution in [2.75, 3.05) is 0 Å². The molecular weight excluding hydrogens is 1180 g/mol. The van der Waals surface area contributed by atoms with Gasteiger partial charge in [0.15, 0.2) is 0 Å². The Bertz CT molecular complexity index is 2030. The maximum atomic E-state index is 7.70. The minimum absolute atomic E-state index is 0.0570. The molecule has 0 aliphatic heterocycles. The normalized spacial score (nSPS) is 23.2. The average Bonchev–Trinajstić information content (AvgIpc) is 0.879. The Kier molecular flexibility index (Phi) is 96.3. The first-order valence-corrected chi connectivity index (χ1v) is 41.5. The molecule has 0 saturated heterocycles. The zero-order valence-electron chi connectivity index (χ0n) is 105. The van der Waals surface area contributed by atoms with Gasteiger partial charge < -0.3 is 0 Å². The lowest BCUT2D eigenvalue weighted by molar-refractivity contribution is 0.585. The molecule has 610 valence electrons. The van der Waals surface area contributed by atoms with Crippen molar-refractivity contribution in [1.82, 2.24) is 0 Å². The number of unbranched alkanes of at least 4 members (excludes halogenated alkanes) is 32. The van der Waals surface area contributed by atoms with Gasteiger partial charge in [-0.2, -0.15) is 0 Å². The largest absolute Gasteiger partial charge is 0.0654 e. The Balaban J connectivity index is -0.000000138. The molecule has 0 spiro atoms. The molecule has 0 amide bonds. The Morgan fingerprint density at radius 1 is 0.112 bits per heavy atom. The summed E-state index contributed by atoms with van der Waals surface area (Å²) in [6, 6.07) is 0. The van der Waals surface area contributed by atoms with Gasteiger partial charge in [-0.05, 0) is 0 Å². The van der Waals surface area contributed by atoms with E-state index in [2.05, 4.69) is 55.4 Å². The van der Waals surface area contributed by atoms with Gasteiger partial charge in [0.25, 0.3) is 0 Å². The molecular formula is C98H218. The minimum Gasteiger partial charge on any atom is -0.0654 e. The van der Waals surface area contributed by atoms with Gasteiger partial charge in [-0.15, -0.1) is 0 Å². The molecule has 0 aliphatic carbocycles. The fraction of sp³-hybridized carbons (Fsp3) is 1.00. The zero-order valence-corrected chi connectivity index (χ0v) is 69.3. The van der Waals surface area contributed by atoms with E-state index >= 15 is 0 Å². The monoisotopic (exact) mass is 1430 g/mol. The van der Waals surface area contributed by atoms with Crippen molar-refractivity contribution in [3.8, 4) is 0 Å². The van der Waals surface area contributed by atoms with Crippen LogP contribution in [0.4, 0.5) is 0 Å². The van der Waals surface area contributed by atoms with E-state index in [-0.39, 0.29) is 87.7 Å². The van der Waals surface area contributed by atoms with Gasteiger partial charge in [-0.1, -0.05) is 639 Å². The van der Waals surface area contributed by atoms with E-state index in [0.717, 1.165) is 128 Å². The van der Waals surface area contributed by atoms with E-state index in [1.165, 1.54) is 167 Å². The zero-order chi connectivity index (χ0) is 105. The topological polar surface area (TPSA) is 0 Å². The van der Waals surface area contributed by atoms with Gasteiger partial charge >= 0.3 is 0 Å². The molecule has 0 fully saturated rings. The van der Waals surface area contributed by atoms with E-state index in [4.69, 9.17) is 49.3 Å². The smallest absolute Gasteiger partial charge is 0.0267 e. The highest BCUT2D eigenvalue weighted by Crippen LogP contribution is 2.13. The summed E-state index contributed by atoms with van der Waals surface area (Å²) in [7, 11) is 0. The highest BCUT2D eigenvalue weighted by atomic mass is 14.0. The van der Waals surface area contributed by atoms with Crippen molar-refractivity contribution in [2.24, 2.45) is 0 Å². The van der Waals surface area contributed by atoms with Crippen LogP contribution in [0, 0.1) is 0 Å². The second-order valence-corrected chi connectivity index (χ2v) is 24.6. The summed E-state index contributed by atoms with van der Waals surface area (Å²) in [4.78, 5) is 0. The molecule has 25 atom stereocenters. The fourth-order valence-corrected chi connectivity index (χ4v) is 8.25. The third-order valence-corrected chi connectivity index (χ3v) is 14.4. The molecule has 0 aromatic carbocycles. The summed E-state index contributed by atoms with van der Waals surface area (Å²) in [5, 5.41) is 0. The van der Waals surface area contributed by atoms with E-state index in [1.54, 1.807) is 6.92 Å². The Hall–Kier alpha value is 0. The van der Waals surface area contributed by atoms with Crippen molar-refractivity contribution in [3.05, 3.63) is 0 Å². The summed E-state index contributed by atoms with van der Waals surface area (Å²) in [5.41, 5.74) is 0. The number of hydrogen-bond acceptors (Lipinski definition) is 0. The highest BCUT2D eigenvalue weighted by molar-refractivity contribution is 4.49. The molecule has 0 heterocycles. The second-order valence-electron chi connectivity index (χ2n) is 24.6. The van der Waals surface area contributed by atoms with Crippen LogP contribution in [0.5, 0.6) is 0 Å². The molecule has 0 aromatic heterocycles. The first-order chi connectivity index (χ1) is 63.7. The van der Waals surface area contributed by atoms with Crippen molar-refractivity contribution in [2.45, 2.75) is 639 Å². The van der Waals surface area contributed by atoms with Crippen LogP contribution in [-0.4, -0.2) is 0 Å². The van der Waals surface area contributed by atoms with Crippen LogP contribution in [0.1, 0.15) is 689 Å². The summed E-state index contributed by atoms with van der Waals surface area (Å²) >= 11 is 0. The van der Waals surface area contributed by atoms with Crippen molar-refractivity contribution in [1.29, 1.82) is 0 Å². The second kappa shape index (κ2) is 155. The van der Waals surface area contributed by atoms with Gasteiger partial charge in [0.05, 0.1) is 0 Å². The highest BCUT2D eigenvalue weighted by Gasteiger charge is 1.93. The van der Waals surface area contributed by atoms with Gasteiger partial charge in [0.2, 0.25) is 0 Å². The summed E-state index contributed by atoms with van der Waals surface area (Å²) in [6.07, 6.45) is 40.8. The first kappa shape index (κ1) is 60.9. The molecule has 0 nitrogen and oxygen atoms in total. The van der Waals surface area contributed by atoms with Gasteiger partial charge in [-0.25, -0.2) is 0 Å². The van der Waals surface area contributed by atoms with E-state index in [0.29, 0.717) is 45.9 Å². The van der Waals surface area contributed by atoms with Crippen LogP contribution in [-0.2, 0) is 0 Å². The average molecular weight is 1430 g/mol. The molecule has 25 unspecified atom stereocenters. The Morgan fingerprint density at radius 3 is 0.561 bits per heavy atom. The lowest BCUT2D eigenvalue weighted by Gasteiger charge is -1.97. The molecule has 98 heavy (non-hydrogen) atoms. The van der Waals surface area contributed by atoms with Crippen molar-refractivity contribution >= 4 is 0 Å². The molecule has 0 saturated carbocycles. The predicted molar refractivity (Wildman–Crippen MR) is 476 cm³/mol. The number of hydrogen-bond donors (Lipinski definition) is 0. The summed E-state index contributed by atoms with van der Waals surface area (Å²) in [6.45, 7) is 24.5. The maximum absolute atomic E-state index is 7.70. The van der Waals surface area contributed by atoms with Crippen LogP contribution in [0.3, 0.4) is 0 Å². The lowest BCUT2D eigenvalue weighted by atomic mass is 10.1. The van der Waals surface area contributed by atoms with Crippen LogP contribution >= 0.6 is 0 Å². The third-order valence-electron chi connectivity index (χ3n) is 14.4. The third kappa shape index (κ3) is 205. The van der Waals surface area contributed by atoms with E-state index in [1.807, 2.05) is 13.8 Å². The van der Waals surface area contributed by atoms with Crippen molar-refractivity contribution < 1.29 is 49.3 Å². The van der Waals surface area contributed by atoms with Crippen LogP contribution < -0.4 is 0 Å². The first-order valence-electron chi connectivity index (χ1n) is 63.7. The minimum atomic E-state index is -1.05. The van der Waals surface area contributed by atoms with Gasteiger partial charge in [0.1, 0.15) is 0 Å². The lowest BCUT2D eigenvalue weighted by Crippen LogP contribution is -1.77. The van der Waals surface area contributed by atoms with Crippen LogP contribution in [0.2, 0.25) is 0 Å².